The highest BCUT2D eigenvalue weighted by molar-refractivity contribution is 6.18. The summed E-state index contributed by atoms with van der Waals surface area (Å²) in [6, 6.07) is 1.68. The number of furan rings is 1. The van der Waals surface area contributed by atoms with Crippen molar-refractivity contribution in [1.82, 2.24) is 4.90 Å². The number of amides is 1. The van der Waals surface area contributed by atoms with Gasteiger partial charge in [0.15, 0.2) is 0 Å². The van der Waals surface area contributed by atoms with Gasteiger partial charge in [0.2, 0.25) is 0 Å². The molecule has 0 radical (unpaired) electrons. The second-order valence-corrected chi connectivity index (χ2v) is 3.55. The molecule has 1 saturated heterocycles. The van der Waals surface area contributed by atoms with E-state index in [0.29, 0.717) is 17.4 Å². The van der Waals surface area contributed by atoms with Crippen LogP contribution >= 0.6 is 11.6 Å². The Hall–Kier alpha value is -0.960. The number of nitrogens with zero attached hydrogens (tertiary/aromatic N) is 1. The molecule has 1 fully saturated rings. The number of alkyl halides is 1. The molecule has 0 spiro atoms. The summed E-state index contributed by atoms with van der Waals surface area (Å²) in [7, 11) is 0. The lowest BCUT2D eigenvalue weighted by molar-refractivity contribution is 0.0535. The monoisotopic (exact) mass is 199 g/mol. The van der Waals surface area contributed by atoms with Crippen molar-refractivity contribution in [2.24, 2.45) is 5.92 Å². The lowest BCUT2D eigenvalue weighted by Gasteiger charge is -2.37. The van der Waals surface area contributed by atoms with Crippen LogP contribution in [-0.4, -0.2) is 29.8 Å². The quantitative estimate of drug-likeness (QED) is 0.678. The first-order valence-corrected chi connectivity index (χ1v) is 4.72. The van der Waals surface area contributed by atoms with Gasteiger partial charge in [-0.15, -0.1) is 11.6 Å². The molecule has 0 aromatic carbocycles. The normalized spacial score (nSPS) is 17.2. The molecule has 1 aliphatic heterocycles. The van der Waals surface area contributed by atoms with Crippen LogP contribution in [0.5, 0.6) is 0 Å². The van der Waals surface area contributed by atoms with Crippen molar-refractivity contribution < 1.29 is 9.21 Å². The van der Waals surface area contributed by atoms with Crippen LogP contribution in [0.2, 0.25) is 0 Å². The molecule has 3 nitrogen and oxygen atoms in total. The molecule has 70 valence electrons. The van der Waals surface area contributed by atoms with E-state index >= 15 is 0 Å². The zero-order valence-electron chi connectivity index (χ0n) is 7.07. The molecule has 0 bridgehead atoms. The summed E-state index contributed by atoms with van der Waals surface area (Å²) >= 11 is 5.64. The van der Waals surface area contributed by atoms with E-state index in [0.717, 1.165) is 13.1 Å². The van der Waals surface area contributed by atoms with Gasteiger partial charge >= 0.3 is 0 Å². The Balaban J connectivity index is 1.94. The number of carbonyl (C=O) groups is 1. The molecule has 13 heavy (non-hydrogen) atoms. The van der Waals surface area contributed by atoms with E-state index in [1.165, 1.54) is 12.5 Å². The van der Waals surface area contributed by atoms with E-state index in [9.17, 15) is 4.79 Å². The van der Waals surface area contributed by atoms with Crippen molar-refractivity contribution >= 4 is 17.5 Å². The van der Waals surface area contributed by atoms with Crippen LogP contribution in [0.1, 0.15) is 10.4 Å². The summed E-state index contributed by atoms with van der Waals surface area (Å²) < 4.78 is 4.83. The molecule has 2 rings (SSSR count). The molecule has 1 aromatic rings. The van der Waals surface area contributed by atoms with Gasteiger partial charge in [0, 0.05) is 24.9 Å². The number of hydrogen-bond donors (Lipinski definition) is 0. The van der Waals surface area contributed by atoms with Crippen LogP contribution < -0.4 is 0 Å². The van der Waals surface area contributed by atoms with Crippen molar-refractivity contribution in [3.8, 4) is 0 Å². The maximum absolute atomic E-state index is 11.6. The minimum atomic E-state index is 0.0371. The first-order valence-electron chi connectivity index (χ1n) is 4.18. The van der Waals surface area contributed by atoms with Crippen molar-refractivity contribution in [1.29, 1.82) is 0 Å². The molecule has 0 aliphatic carbocycles. The van der Waals surface area contributed by atoms with Gasteiger partial charge in [-0.25, -0.2) is 0 Å². The van der Waals surface area contributed by atoms with Crippen LogP contribution in [-0.2, 0) is 0 Å². The molecule has 0 atom stereocenters. The maximum atomic E-state index is 11.6. The number of likely N-dealkylation sites (tertiary alicyclic amines) is 1. The lowest BCUT2D eigenvalue weighted by Crippen LogP contribution is -2.50. The van der Waals surface area contributed by atoms with Gasteiger partial charge in [-0.2, -0.15) is 0 Å². The first kappa shape index (κ1) is 8.63. The Bertz CT molecular complexity index is 291. The standard InChI is InChI=1S/C9H10ClNO2/c10-3-7-4-11(5-7)9(12)8-1-2-13-6-8/h1-2,6-7H,3-5H2. The number of hydrogen-bond acceptors (Lipinski definition) is 2. The fourth-order valence-corrected chi connectivity index (χ4v) is 1.60. The molecule has 1 aliphatic rings. The molecule has 1 amide bonds. The van der Waals surface area contributed by atoms with Gasteiger partial charge in [0.1, 0.15) is 6.26 Å². The number of carbonyl (C=O) groups excluding carboxylic acids is 1. The van der Waals surface area contributed by atoms with Gasteiger partial charge in [0.05, 0.1) is 11.8 Å². The van der Waals surface area contributed by atoms with Crippen LogP contribution in [0.4, 0.5) is 0 Å². The predicted molar refractivity (Wildman–Crippen MR) is 48.8 cm³/mol. The van der Waals surface area contributed by atoms with Crippen molar-refractivity contribution in [2.45, 2.75) is 0 Å². The Morgan fingerprint density at radius 1 is 1.69 bits per heavy atom. The fraction of sp³-hybridized carbons (Fsp3) is 0.444. The van der Waals surface area contributed by atoms with E-state index in [2.05, 4.69) is 0 Å². The summed E-state index contributed by atoms with van der Waals surface area (Å²) in [6.45, 7) is 1.54. The van der Waals surface area contributed by atoms with Crippen LogP contribution in [0.25, 0.3) is 0 Å². The van der Waals surface area contributed by atoms with Crippen LogP contribution in [0.3, 0.4) is 0 Å². The third kappa shape index (κ3) is 1.56. The number of halogens is 1. The zero-order chi connectivity index (χ0) is 9.26. The Morgan fingerprint density at radius 3 is 3.00 bits per heavy atom. The number of rotatable bonds is 2. The highest BCUT2D eigenvalue weighted by atomic mass is 35.5. The predicted octanol–water partition coefficient (Wildman–Crippen LogP) is 1.59. The molecule has 0 unspecified atom stereocenters. The van der Waals surface area contributed by atoms with Crippen molar-refractivity contribution in [3.05, 3.63) is 24.2 Å². The summed E-state index contributed by atoms with van der Waals surface area (Å²) in [5.74, 6) is 1.14. The van der Waals surface area contributed by atoms with Crippen molar-refractivity contribution in [3.63, 3.8) is 0 Å². The minimum Gasteiger partial charge on any atom is -0.472 e. The van der Waals surface area contributed by atoms with Gasteiger partial charge in [-0.05, 0) is 6.07 Å². The molecular formula is C9H10ClNO2. The third-order valence-electron chi connectivity index (χ3n) is 2.23. The largest absolute Gasteiger partial charge is 0.472 e. The lowest BCUT2D eigenvalue weighted by atomic mass is 10.0. The molecule has 0 saturated carbocycles. The summed E-state index contributed by atoms with van der Waals surface area (Å²) in [5.41, 5.74) is 0.619. The zero-order valence-corrected chi connectivity index (χ0v) is 7.83. The van der Waals surface area contributed by atoms with E-state index in [1.54, 1.807) is 11.0 Å². The average Bonchev–Trinajstić information content (AvgIpc) is 2.53. The first-order chi connectivity index (χ1) is 6.31. The highest BCUT2D eigenvalue weighted by Crippen LogP contribution is 2.19. The highest BCUT2D eigenvalue weighted by Gasteiger charge is 2.30. The Labute approximate surface area is 81.3 Å². The molecule has 1 aromatic heterocycles. The summed E-state index contributed by atoms with van der Waals surface area (Å²) in [5, 5.41) is 0. The Kier molecular flexibility index (Phi) is 2.27. The second kappa shape index (κ2) is 3.42. The molecule has 0 N–H and O–H groups in total. The summed E-state index contributed by atoms with van der Waals surface area (Å²) in [4.78, 5) is 13.3. The van der Waals surface area contributed by atoms with E-state index in [4.69, 9.17) is 16.0 Å². The summed E-state index contributed by atoms with van der Waals surface area (Å²) in [6.07, 6.45) is 2.97. The van der Waals surface area contributed by atoms with E-state index < -0.39 is 0 Å². The van der Waals surface area contributed by atoms with Crippen molar-refractivity contribution in [2.75, 3.05) is 19.0 Å². The topological polar surface area (TPSA) is 33.5 Å². The third-order valence-corrected chi connectivity index (χ3v) is 2.67. The van der Waals surface area contributed by atoms with Gasteiger partial charge in [-0.3, -0.25) is 4.79 Å². The van der Waals surface area contributed by atoms with E-state index in [-0.39, 0.29) is 5.91 Å². The molecule has 4 heteroatoms. The molecular weight excluding hydrogens is 190 g/mol. The minimum absolute atomic E-state index is 0.0371. The fourth-order valence-electron chi connectivity index (χ4n) is 1.40. The smallest absolute Gasteiger partial charge is 0.257 e. The van der Waals surface area contributed by atoms with Crippen LogP contribution in [0, 0.1) is 5.92 Å². The van der Waals surface area contributed by atoms with Gasteiger partial charge < -0.3 is 9.32 Å². The SMILES string of the molecule is O=C(c1ccoc1)N1CC(CCl)C1. The maximum Gasteiger partial charge on any atom is 0.257 e. The Morgan fingerprint density at radius 2 is 2.46 bits per heavy atom. The molecule has 2 heterocycles. The average molecular weight is 200 g/mol. The second-order valence-electron chi connectivity index (χ2n) is 3.24. The van der Waals surface area contributed by atoms with E-state index in [1.807, 2.05) is 0 Å². The van der Waals surface area contributed by atoms with Crippen LogP contribution in [0.15, 0.2) is 23.0 Å². The van der Waals surface area contributed by atoms with Gasteiger partial charge in [0.25, 0.3) is 5.91 Å². The van der Waals surface area contributed by atoms with Gasteiger partial charge in [-0.1, -0.05) is 0 Å².